The Hall–Kier alpha value is -1.16. The smallest absolute Gasteiger partial charge is 0.460 e. The summed E-state index contributed by atoms with van der Waals surface area (Å²) in [6, 6.07) is 0. The summed E-state index contributed by atoms with van der Waals surface area (Å²) in [5.74, 6) is -24.1. The second-order valence-electron chi connectivity index (χ2n) is 5.16. The van der Waals surface area contributed by atoms with Crippen molar-refractivity contribution in [3.05, 3.63) is 0 Å². The molecule has 1 saturated carbocycles. The van der Waals surface area contributed by atoms with E-state index in [-0.39, 0.29) is 0 Å². The van der Waals surface area contributed by atoms with Crippen molar-refractivity contribution >= 4 is 5.97 Å². The lowest BCUT2D eigenvalue weighted by atomic mass is 9.76. The third kappa shape index (κ3) is 2.85. The maximum Gasteiger partial charge on any atom is 0.460 e. The summed E-state index contributed by atoms with van der Waals surface area (Å²) >= 11 is 0. The van der Waals surface area contributed by atoms with Crippen LogP contribution in [0.2, 0.25) is 0 Å². The molecule has 0 aromatic rings. The highest BCUT2D eigenvalue weighted by atomic mass is 19.4. The molecule has 0 spiro atoms. The van der Waals surface area contributed by atoms with Crippen molar-refractivity contribution in [2.45, 2.75) is 49.6 Å². The van der Waals surface area contributed by atoms with Gasteiger partial charge in [-0.1, -0.05) is 0 Å². The predicted molar refractivity (Wildman–Crippen MR) is 54.0 cm³/mol. The second kappa shape index (κ2) is 5.48. The zero-order chi connectivity index (χ0) is 17.6. The summed E-state index contributed by atoms with van der Waals surface area (Å²) in [4.78, 5) is 10.6. The number of hydrogen-bond donors (Lipinski definition) is 1. The Morgan fingerprint density at radius 2 is 1.18 bits per heavy atom. The summed E-state index contributed by atoms with van der Waals surface area (Å²) in [5.41, 5.74) is 0. The standard InChI is InChI=1S/C11H11F9O2/c12-8(13,6-3-1-5(2-4-6)7(21)22)9(14,15)10(16,17)11(18,19)20/h5-6H,1-4H2,(H,21,22). The van der Waals surface area contributed by atoms with Crippen LogP contribution < -0.4 is 0 Å². The summed E-state index contributed by atoms with van der Waals surface area (Å²) in [6.45, 7) is 0. The Kier molecular flexibility index (Phi) is 4.71. The first kappa shape index (κ1) is 18.9. The fourth-order valence-corrected chi connectivity index (χ4v) is 2.35. The van der Waals surface area contributed by atoms with Crippen LogP contribution in [0.25, 0.3) is 0 Å². The van der Waals surface area contributed by atoms with E-state index in [9.17, 15) is 44.3 Å². The molecule has 1 fully saturated rings. The highest BCUT2D eigenvalue weighted by Crippen LogP contribution is 2.57. The highest BCUT2D eigenvalue weighted by Gasteiger charge is 2.82. The number of carbonyl (C=O) groups is 1. The molecule has 0 aliphatic heterocycles. The Labute approximate surface area is 118 Å². The van der Waals surface area contributed by atoms with E-state index in [1.54, 1.807) is 0 Å². The minimum Gasteiger partial charge on any atom is -0.481 e. The van der Waals surface area contributed by atoms with Crippen LogP contribution in [0, 0.1) is 11.8 Å². The van der Waals surface area contributed by atoms with E-state index in [4.69, 9.17) is 5.11 Å². The number of alkyl halides is 9. The third-order valence-corrected chi connectivity index (χ3v) is 3.76. The molecule has 0 amide bonds. The Bertz CT molecular complexity index is 422. The van der Waals surface area contributed by atoms with Gasteiger partial charge < -0.3 is 5.11 Å². The van der Waals surface area contributed by atoms with E-state index in [0.29, 0.717) is 0 Å². The van der Waals surface area contributed by atoms with E-state index >= 15 is 0 Å². The molecule has 1 rings (SSSR count). The van der Waals surface area contributed by atoms with Crippen LogP contribution in [0.4, 0.5) is 39.5 Å². The van der Waals surface area contributed by atoms with E-state index in [1.807, 2.05) is 0 Å². The highest BCUT2D eigenvalue weighted by molar-refractivity contribution is 5.70. The Morgan fingerprint density at radius 1 is 0.773 bits per heavy atom. The molecule has 0 heterocycles. The number of carboxylic acid groups (broad SMARTS) is 1. The molecule has 1 aliphatic rings. The minimum atomic E-state index is -6.90. The van der Waals surface area contributed by atoms with E-state index in [1.165, 1.54) is 0 Å². The van der Waals surface area contributed by atoms with Gasteiger partial charge in [-0.3, -0.25) is 4.79 Å². The van der Waals surface area contributed by atoms with E-state index < -0.39 is 67.4 Å². The first-order chi connectivity index (χ1) is 9.66. The number of hydrogen-bond acceptors (Lipinski definition) is 1. The van der Waals surface area contributed by atoms with E-state index in [2.05, 4.69) is 0 Å². The lowest BCUT2D eigenvalue weighted by Crippen LogP contribution is -2.63. The van der Waals surface area contributed by atoms with Crippen molar-refractivity contribution in [3.8, 4) is 0 Å². The predicted octanol–water partition coefficient (Wildman–Crippen LogP) is 4.35. The van der Waals surface area contributed by atoms with Crippen molar-refractivity contribution < 1.29 is 49.4 Å². The van der Waals surface area contributed by atoms with Crippen molar-refractivity contribution in [2.75, 3.05) is 0 Å². The van der Waals surface area contributed by atoms with Crippen LogP contribution in [0.15, 0.2) is 0 Å². The van der Waals surface area contributed by atoms with Gasteiger partial charge in [-0.15, -0.1) is 0 Å². The zero-order valence-electron chi connectivity index (χ0n) is 10.7. The van der Waals surface area contributed by atoms with Gasteiger partial charge in [0.2, 0.25) is 0 Å². The lowest BCUT2D eigenvalue weighted by Gasteiger charge is -2.39. The molecule has 0 aromatic heterocycles. The van der Waals surface area contributed by atoms with Gasteiger partial charge in [0.1, 0.15) is 0 Å². The van der Waals surface area contributed by atoms with Gasteiger partial charge in [-0.05, 0) is 25.7 Å². The molecule has 0 aromatic carbocycles. The maximum atomic E-state index is 13.6. The molecule has 0 bridgehead atoms. The fraction of sp³-hybridized carbons (Fsp3) is 0.909. The van der Waals surface area contributed by atoms with Crippen molar-refractivity contribution in [2.24, 2.45) is 11.8 Å². The SMILES string of the molecule is O=C(O)C1CCC(C(F)(F)C(F)(F)C(F)(F)C(F)(F)F)CC1. The Morgan fingerprint density at radius 3 is 1.50 bits per heavy atom. The van der Waals surface area contributed by atoms with Gasteiger partial charge in [0.15, 0.2) is 0 Å². The third-order valence-electron chi connectivity index (χ3n) is 3.76. The van der Waals surface area contributed by atoms with Crippen LogP contribution in [0.3, 0.4) is 0 Å². The van der Waals surface area contributed by atoms with E-state index in [0.717, 1.165) is 0 Å². The molecular formula is C11H11F9O2. The van der Waals surface area contributed by atoms with Crippen molar-refractivity contribution in [1.29, 1.82) is 0 Å². The normalized spacial score (nSPS) is 25.1. The van der Waals surface area contributed by atoms with Crippen LogP contribution in [0.5, 0.6) is 0 Å². The molecule has 0 radical (unpaired) electrons. The summed E-state index contributed by atoms with van der Waals surface area (Å²) in [6.07, 6.45) is -9.59. The summed E-state index contributed by atoms with van der Waals surface area (Å²) < 4.78 is 115. The Balaban J connectivity index is 3.01. The first-order valence-electron chi connectivity index (χ1n) is 6.09. The van der Waals surface area contributed by atoms with Gasteiger partial charge in [0.05, 0.1) is 5.92 Å². The van der Waals surface area contributed by atoms with Crippen molar-refractivity contribution in [3.63, 3.8) is 0 Å². The summed E-state index contributed by atoms with van der Waals surface area (Å²) in [5, 5.41) is 8.62. The van der Waals surface area contributed by atoms with Gasteiger partial charge in [-0.25, -0.2) is 0 Å². The fourth-order valence-electron chi connectivity index (χ4n) is 2.35. The molecule has 11 heteroatoms. The number of aliphatic carboxylic acids is 1. The van der Waals surface area contributed by atoms with Crippen LogP contribution in [-0.4, -0.2) is 35.0 Å². The van der Waals surface area contributed by atoms with Gasteiger partial charge in [0, 0.05) is 5.92 Å². The van der Waals surface area contributed by atoms with Crippen LogP contribution >= 0.6 is 0 Å². The molecule has 1 aliphatic carbocycles. The monoisotopic (exact) mass is 346 g/mol. The quantitative estimate of drug-likeness (QED) is 0.769. The summed E-state index contributed by atoms with van der Waals surface area (Å²) in [7, 11) is 0. The number of halogens is 9. The van der Waals surface area contributed by atoms with Gasteiger partial charge in [-0.2, -0.15) is 39.5 Å². The topological polar surface area (TPSA) is 37.3 Å². The lowest BCUT2D eigenvalue weighted by molar-refractivity contribution is -0.404. The average Bonchev–Trinajstić information content (AvgIpc) is 2.37. The number of rotatable bonds is 4. The maximum absolute atomic E-state index is 13.6. The zero-order valence-corrected chi connectivity index (χ0v) is 10.7. The van der Waals surface area contributed by atoms with Gasteiger partial charge in [0.25, 0.3) is 0 Å². The average molecular weight is 346 g/mol. The minimum absolute atomic E-state index is 0.497. The second-order valence-corrected chi connectivity index (χ2v) is 5.16. The molecule has 0 unspecified atom stereocenters. The van der Waals surface area contributed by atoms with Crippen molar-refractivity contribution in [1.82, 2.24) is 0 Å². The molecule has 2 nitrogen and oxygen atoms in total. The largest absolute Gasteiger partial charge is 0.481 e. The van der Waals surface area contributed by atoms with Gasteiger partial charge >= 0.3 is 29.9 Å². The molecular weight excluding hydrogens is 335 g/mol. The molecule has 1 N–H and O–H groups in total. The first-order valence-corrected chi connectivity index (χ1v) is 6.09. The molecule has 0 atom stereocenters. The molecule has 0 saturated heterocycles. The number of carboxylic acids is 1. The molecule has 130 valence electrons. The van der Waals surface area contributed by atoms with Crippen LogP contribution in [0.1, 0.15) is 25.7 Å². The molecule has 22 heavy (non-hydrogen) atoms. The van der Waals surface area contributed by atoms with Crippen LogP contribution in [-0.2, 0) is 4.79 Å².